The second kappa shape index (κ2) is 3.82. The lowest BCUT2D eigenvalue weighted by atomic mass is 9.96. The zero-order valence-corrected chi connectivity index (χ0v) is 10.9. The van der Waals surface area contributed by atoms with Gasteiger partial charge in [-0.3, -0.25) is 0 Å². The number of benzene rings is 1. The van der Waals surface area contributed by atoms with Crippen molar-refractivity contribution in [1.29, 1.82) is 0 Å². The predicted octanol–water partition coefficient (Wildman–Crippen LogP) is 2.41. The van der Waals surface area contributed by atoms with E-state index in [1.165, 1.54) is 0 Å². The zero-order chi connectivity index (χ0) is 11.9. The van der Waals surface area contributed by atoms with Crippen molar-refractivity contribution in [3.63, 3.8) is 0 Å². The monoisotopic (exact) mass is 288 g/mol. The Hall–Kier alpha value is -0.940. The molecule has 1 aliphatic heterocycles. The van der Waals surface area contributed by atoms with Crippen molar-refractivity contribution < 1.29 is 19.3 Å². The van der Waals surface area contributed by atoms with Crippen molar-refractivity contribution in [2.24, 2.45) is 0 Å². The lowest BCUT2D eigenvalue weighted by Crippen LogP contribution is -2.18. The maximum atomic E-state index is 10.2. The summed E-state index contributed by atoms with van der Waals surface area (Å²) in [6, 6.07) is 1.77. The minimum Gasteiger partial charge on any atom is -0.495 e. The van der Waals surface area contributed by atoms with Gasteiger partial charge in [-0.25, -0.2) is 0 Å². The van der Waals surface area contributed by atoms with E-state index >= 15 is 0 Å². The van der Waals surface area contributed by atoms with Crippen molar-refractivity contribution in [2.75, 3.05) is 13.9 Å². The summed E-state index contributed by atoms with van der Waals surface area (Å²) in [6.45, 7) is 3.52. The van der Waals surface area contributed by atoms with Crippen LogP contribution in [0.4, 0.5) is 0 Å². The fraction of sp³-hybridized carbons (Fsp3) is 0.455. The highest BCUT2D eigenvalue weighted by molar-refractivity contribution is 9.10. The van der Waals surface area contributed by atoms with Crippen LogP contribution in [0.3, 0.4) is 0 Å². The van der Waals surface area contributed by atoms with E-state index < -0.39 is 5.60 Å². The molecule has 0 aliphatic carbocycles. The van der Waals surface area contributed by atoms with Gasteiger partial charge < -0.3 is 19.3 Å². The number of aliphatic hydroxyl groups is 1. The molecule has 88 valence electrons. The van der Waals surface area contributed by atoms with Gasteiger partial charge in [-0.05, 0) is 29.8 Å². The Labute approximate surface area is 102 Å². The highest BCUT2D eigenvalue weighted by Crippen LogP contribution is 2.49. The summed E-state index contributed by atoms with van der Waals surface area (Å²) < 4.78 is 16.7. The van der Waals surface area contributed by atoms with Gasteiger partial charge in [0, 0.05) is 6.07 Å². The van der Waals surface area contributed by atoms with Gasteiger partial charge in [-0.15, -0.1) is 0 Å². The molecule has 0 fully saturated rings. The molecular weight excluding hydrogens is 276 g/mol. The highest BCUT2D eigenvalue weighted by Gasteiger charge is 2.33. The number of rotatable bonds is 2. The fourth-order valence-electron chi connectivity index (χ4n) is 1.75. The molecule has 16 heavy (non-hydrogen) atoms. The molecule has 1 aromatic rings. The summed E-state index contributed by atoms with van der Waals surface area (Å²) in [7, 11) is 1.55. The molecule has 0 radical (unpaired) electrons. The summed E-state index contributed by atoms with van der Waals surface area (Å²) in [5, 5.41) is 10.2. The molecule has 0 aromatic heterocycles. The van der Waals surface area contributed by atoms with Crippen molar-refractivity contribution in [1.82, 2.24) is 0 Å². The zero-order valence-electron chi connectivity index (χ0n) is 9.33. The van der Waals surface area contributed by atoms with Crippen molar-refractivity contribution in [3.05, 3.63) is 16.1 Å². The lowest BCUT2D eigenvalue weighted by Gasteiger charge is -2.23. The fourth-order valence-corrected chi connectivity index (χ4v) is 2.32. The Morgan fingerprint density at radius 1 is 1.44 bits per heavy atom. The third-order valence-electron chi connectivity index (χ3n) is 2.39. The Morgan fingerprint density at radius 2 is 2.12 bits per heavy atom. The number of ether oxygens (including phenoxy) is 3. The van der Waals surface area contributed by atoms with Crippen LogP contribution in [0.1, 0.15) is 19.4 Å². The van der Waals surface area contributed by atoms with Gasteiger partial charge in [0.05, 0.1) is 22.7 Å². The third kappa shape index (κ3) is 1.74. The number of hydrogen-bond acceptors (Lipinski definition) is 4. The molecule has 5 heteroatoms. The van der Waals surface area contributed by atoms with E-state index in [0.29, 0.717) is 22.8 Å². The summed E-state index contributed by atoms with van der Waals surface area (Å²) in [4.78, 5) is 0. The maximum absolute atomic E-state index is 10.2. The molecule has 0 amide bonds. The molecule has 1 aliphatic rings. The van der Waals surface area contributed by atoms with Gasteiger partial charge in [-0.2, -0.15) is 0 Å². The van der Waals surface area contributed by atoms with E-state index in [0.717, 1.165) is 4.47 Å². The van der Waals surface area contributed by atoms with E-state index in [2.05, 4.69) is 15.9 Å². The summed E-state index contributed by atoms with van der Waals surface area (Å²) in [5.74, 6) is 1.73. The molecule has 0 saturated heterocycles. The van der Waals surface area contributed by atoms with Crippen molar-refractivity contribution in [3.8, 4) is 17.2 Å². The minimum atomic E-state index is -1.06. The first-order chi connectivity index (χ1) is 7.45. The van der Waals surface area contributed by atoms with E-state index in [4.69, 9.17) is 14.2 Å². The van der Waals surface area contributed by atoms with Gasteiger partial charge in [0.25, 0.3) is 0 Å². The normalized spacial score (nSPS) is 14.1. The van der Waals surface area contributed by atoms with Gasteiger partial charge in [-0.1, -0.05) is 0 Å². The average molecular weight is 289 g/mol. The first kappa shape index (κ1) is 11.5. The van der Waals surface area contributed by atoms with Crippen LogP contribution in [0.25, 0.3) is 0 Å². The first-order valence-electron chi connectivity index (χ1n) is 4.84. The van der Waals surface area contributed by atoms with Crippen LogP contribution in [0.2, 0.25) is 0 Å². The van der Waals surface area contributed by atoms with E-state index in [1.54, 1.807) is 27.0 Å². The smallest absolute Gasteiger partial charge is 0.231 e. The quantitative estimate of drug-likeness (QED) is 0.908. The Kier molecular flexibility index (Phi) is 2.75. The second-order valence-electron chi connectivity index (χ2n) is 4.06. The second-order valence-corrected chi connectivity index (χ2v) is 4.91. The molecular formula is C11H13BrO4. The molecule has 0 atom stereocenters. The van der Waals surface area contributed by atoms with Gasteiger partial charge in [0.15, 0.2) is 11.5 Å². The number of fused-ring (bicyclic) bond motifs is 1. The van der Waals surface area contributed by atoms with Crippen molar-refractivity contribution >= 4 is 15.9 Å². The van der Waals surface area contributed by atoms with Gasteiger partial charge >= 0.3 is 0 Å². The minimum absolute atomic E-state index is 0.165. The van der Waals surface area contributed by atoms with Crippen LogP contribution >= 0.6 is 15.9 Å². The molecule has 2 rings (SSSR count). The van der Waals surface area contributed by atoms with E-state index in [1.807, 2.05) is 0 Å². The molecule has 1 heterocycles. The summed E-state index contributed by atoms with van der Waals surface area (Å²) in [5.41, 5.74) is -0.468. The molecule has 0 bridgehead atoms. The highest BCUT2D eigenvalue weighted by atomic mass is 79.9. The largest absolute Gasteiger partial charge is 0.495 e. The Bertz CT molecular complexity index is 419. The Balaban J connectivity index is 2.72. The number of hydrogen-bond donors (Lipinski definition) is 1. The van der Waals surface area contributed by atoms with Crippen LogP contribution in [0.15, 0.2) is 10.5 Å². The van der Waals surface area contributed by atoms with Crippen LogP contribution in [-0.2, 0) is 5.60 Å². The number of halogens is 1. The summed E-state index contributed by atoms with van der Waals surface area (Å²) in [6.07, 6.45) is 0. The summed E-state index contributed by atoms with van der Waals surface area (Å²) >= 11 is 3.38. The average Bonchev–Trinajstić information content (AvgIpc) is 2.60. The maximum Gasteiger partial charge on any atom is 0.231 e. The molecule has 4 nitrogen and oxygen atoms in total. The first-order valence-corrected chi connectivity index (χ1v) is 5.63. The van der Waals surface area contributed by atoms with Gasteiger partial charge in [0.1, 0.15) is 5.75 Å². The van der Waals surface area contributed by atoms with Crippen LogP contribution in [0, 0.1) is 0 Å². The van der Waals surface area contributed by atoms with Crippen molar-refractivity contribution in [2.45, 2.75) is 19.4 Å². The van der Waals surface area contributed by atoms with E-state index in [9.17, 15) is 5.11 Å². The van der Waals surface area contributed by atoms with Crippen LogP contribution in [0.5, 0.6) is 17.2 Å². The topological polar surface area (TPSA) is 47.9 Å². The lowest BCUT2D eigenvalue weighted by molar-refractivity contribution is 0.0713. The van der Waals surface area contributed by atoms with Gasteiger partial charge in [0.2, 0.25) is 6.79 Å². The standard InChI is InChI=1S/C11H13BrO4/c1-11(2,13)8-9(14-3)6(12)4-7-10(8)16-5-15-7/h4,13H,5H2,1-3H3. The molecule has 0 saturated carbocycles. The van der Waals surface area contributed by atoms with Crippen LogP contribution in [-0.4, -0.2) is 19.0 Å². The molecule has 0 spiro atoms. The predicted molar refractivity (Wildman–Crippen MR) is 62.1 cm³/mol. The third-order valence-corrected chi connectivity index (χ3v) is 2.98. The Morgan fingerprint density at radius 3 is 2.69 bits per heavy atom. The molecule has 1 aromatic carbocycles. The van der Waals surface area contributed by atoms with E-state index in [-0.39, 0.29) is 6.79 Å². The molecule has 1 N–H and O–H groups in total. The SMILES string of the molecule is COc1c(Br)cc2c(c1C(C)(C)O)OCO2. The number of methoxy groups -OCH3 is 1. The molecule has 0 unspecified atom stereocenters. The van der Waals surface area contributed by atoms with Crippen LogP contribution < -0.4 is 14.2 Å².